The number of anilines is 1. The zero-order chi connectivity index (χ0) is 45.6. The van der Waals surface area contributed by atoms with Gasteiger partial charge in [-0.15, -0.1) is 0 Å². The molecule has 0 amide bonds. The van der Waals surface area contributed by atoms with E-state index in [1.807, 2.05) is 30.3 Å². The van der Waals surface area contributed by atoms with Crippen LogP contribution < -0.4 is 14.4 Å². The number of pyridine rings is 1. The fourth-order valence-corrected chi connectivity index (χ4v) is 13.3. The summed E-state index contributed by atoms with van der Waals surface area (Å²) in [7, 11) is 0. The van der Waals surface area contributed by atoms with Gasteiger partial charge in [0.15, 0.2) is 5.82 Å². The summed E-state index contributed by atoms with van der Waals surface area (Å²) in [6.07, 6.45) is 11.1. The van der Waals surface area contributed by atoms with E-state index in [-0.39, 0.29) is 40.3 Å². The summed E-state index contributed by atoms with van der Waals surface area (Å²) in [4.78, 5) is 31.9. The highest BCUT2D eigenvalue weighted by atomic mass is 35.5. The Bertz CT molecular complexity index is 3100. The summed E-state index contributed by atoms with van der Waals surface area (Å²) >= 11 is 13.9. The molecule has 5 aliphatic heterocycles. The first-order valence-electron chi connectivity index (χ1n) is 24.2. The molecule has 7 aromatic rings. The second-order valence-electron chi connectivity index (χ2n) is 20.0. The molecular formula is C54H55Cl2FN8O2. The standard InChI is InChI=1S/C54H55Cl2FN8O2/c1-32(2)48-39-28-58-49(47(57)50(39)62-52(61-48)66-30-53-20-7-24-64(53)25-8-21-53)38-13-6-12-37-36(16-17-41(56)46(37)38)43-18-23-54(22-9-26-65(43)54)31-67-51-59-33(3)35-19-27-63(29-42(35)60-51)44-15-5-11-34-10-4-14-40(55)45(34)44/h4-6,10-17,28,32,43H,7-9,18-27,29-31H2,1-3H3. The molecule has 0 radical (unpaired) electrons. The fourth-order valence-electron chi connectivity index (χ4n) is 12.7. The molecular weight excluding hydrogens is 883 g/mol. The predicted octanol–water partition coefficient (Wildman–Crippen LogP) is 12.0. The van der Waals surface area contributed by atoms with Gasteiger partial charge < -0.3 is 14.4 Å². The molecule has 4 saturated heterocycles. The molecule has 4 aromatic carbocycles. The number of nitrogens with zero attached hydrogens (tertiary/aromatic N) is 8. The van der Waals surface area contributed by atoms with Crippen LogP contribution in [-0.4, -0.2) is 85.2 Å². The summed E-state index contributed by atoms with van der Waals surface area (Å²) in [5.41, 5.74) is 7.13. The highest BCUT2D eigenvalue weighted by Gasteiger charge is 2.51. The van der Waals surface area contributed by atoms with Gasteiger partial charge in [-0.1, -0.05) is 85.6 Å². The number of hydrogen-bond donors (Lipinski definition) is 0. The smallest absolute Gasteiger partial charge is 0.317 e. The van der Waals surface area contributed by atoms with Gasteiger partial charge in [0.1, 0.15) is 24.4 Å². The third kappa shape index (κ3) is 7.21. The van der Waals surface area contributed by atoms with Crippen LogP contribution in [0.2, 0.25) is 10.0 Å². The van der Waals surface area contributed by atoms with E-state index in [4.69, 9.17) is 57.6 Å². The number of ether oxygens (including phenoxy) is 2. The van der Waals surface area contributed by atoms with Crippen LogP contribution >= 0.6 is 23.2 Å². The quantitative estimate of drug-likeness (QED) is 0.132. The number of aryl methyl sites for hydroxylation is 1. The van der Waals surface area contributed by atoms with Gasteiger partial charge in [0, 0.05) is 56.9 Å². The zero-order valence-corrected chi connectivity index (χ0v) is 39.9. The molecule has 0 saturated carbocycles. The van der Waals surface area contributed by atoms with Crippen molar-refractivity contribution in [2.45, 2.75) is 108 Å². The van der Waals surface area contributed by atoms with E-state index < -0.39 is 5.82 Å². The van der Waals surface area contributed by atoms with E-state index in [1.165, 1.54) is 24.0 Å². The maximum atomic E-state index is 17.2. The van der Waals surface area contributed by atoms with Crippen LogP contribution in [0.5, 0.6) is 12.0 Å². The van der Waals surface area contributed by atoms with Gasteiger partial charge >= 0.3 is 12.0 Å². The average molecular weight is 938 g/mol. The molecule has 0 bridgehead atoms. The molecule has 0 aliphatic carbocycles. The molecule has 10 nitrogen and oxygen atoms in total. The molecule has 13 heteroatoms. The summed E-state index contributed by atoms with van der Waals surface area (Å²) in [6.45, 7) is 11.9. The van der Waals surface area contributed by atoms with Crippen LogP contribution in [0.25, 0.3) is 43.7 Å². The summed E-state index contributed by atoms with van der Waals surface area (Å²) < 4.78 is 30.3. The average Bonchev–Trinajstić information content (AvgIpc) is 4.12. The lowest BCUT2D eigenvalue weighted by Gasteiger charge is -2.35. The van der Waals surface area contributed by atoms with E-state index in [9.17, 15) is 0 Å². The largest absolute Gasteiger partial charge is 0.461 e. The van der Waals surface area contributed by atoms with E-state index in [0.29, 0.717) is 41.7 Å². The maximum absolute atomic E-state index is 17.2. The minimum absolute atomic E-state index is 0.0130. The molecule has 3 aromatic heterocycles. The Kier molecular flexibility index (Phi) is 10.8. The number of benzene rings is 4. The molecule has 8 heterocycles. The first-order valence-corrected chi connectivity index (χ1v) is 25.0. The van der Waals surface area contributed by atoms with Crippen molar-refractivity contribution in [3.05, 3.63) is 117 Å². The first-order chi connectivity index (χ1) is 32.6. The van der Waals surface area contributed by atoms with Crippen LogP contribution in [0.15, 0.2) is 72.9 Å². The van der Waals surface area contributed by atoms with Crippen LogP contribution in [-0.2, 0) is 13.0 Å². The Labute approximate surface area is 400 Å². The lowest BCUT2D eigenvalue weighted by atomic mass is 9.92. The van der Waals surface area contributed by atoms with Gasteiger partial charge in [-0.05, 0) is 130 Å². The maximum Gasteiger partial charge on any atom is 0.317 e. The van der Waals surface area contributed by atoms with Crippen molar-refractivity contribution in [1.29, 1.82) is 0 Å². The van der Waals surface area contributed by atoms with E-state index >= 15 is 4.39 Å². The Morgan fingerprint density at radius 2 is 1.49 bits per heavy atom. The van der Waals surface area contributed by atoms with Crippen molar-refractivity contribution in [2.75, 3.05) is 44.3 Å². The van der Waals surface area contributed by atoms with Crippen molar-refractivity contribution >= 4 is 61.3 Å². The van der Waals surface area contributed by atoms with Crippen molar-refractivity contribution in [2.24, 2.45) is 0 Å². The molecule has 2 atom stereocenters. The molecule has 12 rings (SSSR count). The van der Waals surface area contributed by atoms with Gasteiger partial charge in [0.25, 0.3) is 0 Å². The van der Waals surface area contributed by atoms with Crippen molar-refractivity contribution in [1.82, 2.24) is 34.7 Å². The normalized spacial score (nSPS) is 21.5. The zero-order valence-electron chi connectivity index (χ0n) is 38.4. The molecule has 5 aliphatic rings. The van der Waals surface area contributed by atoms with Crippen LogP contribution in [0.3, 0.4) is 0 Å². The van der Waals surface area contributed by atoms with Gasteiger partial charge in [-0.25, -0.2) is 9.37 Å². The van der Waals surface area contributed by atoms with Gasteiger partial charge in [0.2, 0.25) is 0 Å². The van der Waals surface area contributed by atoms with Gasteiger partial charge in [-0.2, -0.15) is 15.0 Å². The molecule has 2 unspecified atom stereocenters. The predicted molar refractivity (Wildman–Crippen MR) is 264 cm³/mol. The second kappa shape index (κ2) is 16.8. The number of fused-ring (bicyclic) bond motifs is 6. The molecule has 0 spiro atoms. The summed E-state index contributed by atoms with van der Waals surface area (Å²) in [6, 6.07) is 23.4. The number of aromatic nitrogens is 5. The SMILES string of the molecule is Cc1nc(OCC23CCCN2C(c2ccc(Cl)c4c(-c5ncc6c(C(C)C)nc(OCC78CCCN7CCC8)nc6c5F)cccc24)CC3)nc2c1CCN(c1cccc3cccc(Cl)c13)C2. The Hall–Kier alpha value is -5.20. The Morgan fingerprint density at radius 3 is 2.31 bits per heavy atom. The highest BCUT2D eigenvalue weighted by molar-refractivity contribution is 6.37. The minimum Gasteiger partial charge on any atom is -0.461 e. The monoisotopic (exact) mass is 936 g/mol. The van der Waals surface area contributed by atoms with E-state index in [0.717, 1.165) is 120 Å². The van der Waals surface area contributed by atoms with Gasteiger partial charge in [-0.3, -0.25) is 14.8 Å². The molecule has 67 heavy (non-hydrogen) atoms. The molecule has 344 valence electrons. The Balaban J connectivity index is 0.825. The lowest BCUT2D eigenvalue weighted by Crippen LogP contribution is -2.44. The van der Waals surface area contributed by atoms with E-state index in [2.05, 4.69) is 71.9 Å². The van der Waals surface area contributed by atoms with Crippen LogP contribution in [0.1, 0.15) is 105 Å². The number of hydrogen-bond acceptors (Lipinski definition) is 10. The lowest BCUT2D eigenvalue weighted by molar-refractivity contribution is 0.0843. The third-order valence-corrected chi connectivity index (χ3v) is 16.6. The summed E-state index contributed by atoms with van der Waals surface area (Å²) in [5.74, 6) is -0.483. The van der Waals surface area contributed by atoms with Crippen molar-refractivity contribution in [3.63, 3.8) is 0 Å². The van der Waals surface area contributed by atoms with Gasteiger partial charge in [0.05, 0.1) is 34.0 Å². The third-order valence-electron chi connectivity index (χ3n) is 16.0. The minimum atomic E-state index is -0.496. The highest BCUT2D eigenvalue weighted by Crippen LogP contribution is 2.51. The van der Waals surface area contributed by atoms with Crippen molar-refractivity contribution < 1.29 is 13.9 Å². The number of rotatable bonds is 10. The molecule has 0 N–H and O–H groups in total. The van der Waals surface area contributed by atoms with Crippen molar-refractivity contribution in [3.8, 4) is 23.3 Å². The second-order valence-corrected chi connectivity index (χ2v) is 20.8. The fraction of sp³-hybridized carbons (Fsp3) is 0.426. The Morgan fingerprint density at radius 1 is 0.761 bits per heavy atom. The topological polar surface area (TPSA) is 92.6 Å². The summed E-state index contributed by atoms with van der Waals surface area (Å²) in [5, 5.41) is 5.88. The molecule has 4 fully saturated rings. The first kappa shape index (κ1) is 43.1. The van der Waals surface area contributed by atoms with Crippen LogP contribution in [0, 0.1) is 12.7 Å². The number of halogens is 3. The van der Waals surface area contributed by atoms with E-state index in [1.54, 1.807) is 6.20 Å². The van der Waals surface area contributed by atoms with Crippen LogP contribution in [0.4, 0.5) is 10.1 Å².